The van der Waals surface area contributed by atoms with Crippen LogP contribution in [0.15, 0.2) is 176 Å². The molecule has 0 aliphatic carbocycles. The Bertz CT molecular complexity index is 3690. The Morgan fingerprint density at radius 2 is 0.765 bits per heavy atom. The van der Waals surface area contributed by atoms with Crippen molar-refractivity contribution in [1.82, 2.24) is 23.7 Å². The average molecular weight is 668 g/mol. The van der Waals surface area contributed by atoms with E-state index in [4.69, 9.17) is 26.4 Å². The van der Waals surface area contributed by atoms with E-state index in [1.807, 2.05) is 65.2 Å². The van der Waals surface area contributed by atoms with Crippen LogP contribution in [-0.4, -0.2) is 23.7 Å². The minimum Gasteiger partial charge on any atom is -0.309 e. The summed E-state index contributed by atoms with van der Waals surface area (Å²) in [5.41, 5.74) is 1.52. The fourth-order valence-corrected chi connectivity index (χ4v) is 7.11. The molecule has 0 fully saturated rings. The lowest BCUT2D eigenvalue weighted by atomic mass is 10.1. The van der Waals surface area contributed by atoms with Crippen LogP contribution in [0.2, 0.25) is 0 Å². The number of aromatic nitrogens is 5. The number of hydrogen-bond donors (Lipinski definition) is 0. The molecule has 5 heteroatoms. The van der Waals surface area contributed by atoms with E-state index >= 15 is 0 Å². The van der Waals surface area contributed by atoms with E-state index in [0.29, 0.717) is 11.3 Å². The summed E-state index contributed by atoms with van der Waals surface area (Å²) >= 11 is 0. The van der Waals surface area contributed by atoms with Crippen LogP contribution in [0.5, 0.6) is 0 Å². The van der Waals surface area contributed by atoms with E-state index in [1.165, 1.54) is 15.2 Å². The molecule has 11 rings (SSSR count). The van der Waals surface area contributed by atoms with Gasteiger partial charge in [-0.1, -0.05) is 121 Å². The Labute approximate surface area is 315 Å². The second-order valence-corrected chi connectivity index (χ2v) is 11.9. The Balaban J connectivity index is 1.38. The second-order valence-electron chi connectivity index (χ2n) is 11.9. The zero-order chi connectivity index (χ0) is 47.4. The molecule has 11 aromatic rings. The average Bonchev–Trinajstić information content (AvgIpc) is 4.01. The summed E-state index contributed by atoms with van der Waals surface area (Å²) in [6.07, 6.45) is 0. The maximum Gasteiger partial charge on any atom is 0.166 e. The predicted molar refractivity (Wildman–Crippen MR) is 210 cm³/mol. The zero-order valence-electron chi connectivity index (χ0n) is 42.2. The van der Waals surface area contributed by atoms with Crippen LogP contribution in [0.1, 0.15) is 21.9 Å². The summed E-state index contributed by atoms with van der Waals surface area (Å²) in [6, 6.07) is 13.9. The number of hydrogen-bond acceptors (Lipinski definition) is 2. The Hall–Kier alpha value is -6.98. The van der Waals surface area contributed by atoms with Crippen molar-refractivity contribution in [3.8, 4) is 28.7 Å². The summed E-state index contributed by atoms with van der Waals surface area (Å²) in [5, 5.41) is 0.984. The molecule has 238 valence electrons. The first-order valence-corrected chi connectivity index (χ1v) is 16.0. The smallest absolute Gasteiger partial charge is 0.166 e. The molecular weight excluding hydrogens is 623 g/mol. The van der Waals surface area contributed by atoms with Gasteiger partial charge in [-0.2, -0.15) is 0 Å². The van der Waals surface area contributed by atoms with Gasteiger partial charge in [0.2, 0.25) is 0 Å². The van der Waals surface area contributed by atoms with Crippen molar-refractivity contribution in [2.45, 2.75) is 0 Å². The topological polar surface area (TPSA) is 40.6 Å². The highest BCUT2D eigenvalue weighted by atomic mass is 15.1. The van der Waals surface area contributed by atoms with E-state index in [9.17, 15) is 5.48 Å². The third-order valence-electron chi connectivity index (χ3n) is 9.19. The third kappa shape index (κ3) is 4.03. The van der Waals surface area contributed by atoms with Gasteiger partial charge < -0.3 is 4.57 Å². The molecule has 0 amide bonds. The van der Waals surface area contributed by atoms with Gasteiger partial charge in [0.05, 0.1) is 60.7 Å². The van der Waals surface area contributed by atoms with E-state index < -0.39 is 96.7 Å². The highest BCUT2D eigenvalue weighted by Gasteiger charge is 2.21. The molecule has 7 aromatic carbocycles. The molecule has 0 aliphatic heterocycles. The summed E-state index contributed by atoms with van der Waals surface area (Å²) in [7, 11) is 0. The zero-order valence-corrected chi connectivity index (χ0v) is 26.2. The predicted octanol–water partition coefficient (Wildman–Crippen LogP) is 11.4. The molecule has 0 atom stereocenters. The fourth-order valence-electron chi connectivity index (χ4n) is 7.11. The molecule has 4 heterocycles. The number of nitrogens with zero attached hydrogens (tertiary/aromatic N) is 5. The van der Waals surface area contributed by atoms with Gasteiger partial charge in [-0.3, -0.25) is 9.13 Å². The molecule has 0 N–H and O–H groups in total. The Kier molecular flexibility index (Phi) is 3.51. The molecule has 0 spiro atoms. The van der Waals surface area contributed by atoms with Crippen LogP contribution in [-0.2, 0) is 0 Å². The van der Waals surface area contributed by atoms with Gasteiger partial charge >= 0.3 is 0 Å². The quantitative estimate of drug-likeness (QED) is 0.187. The van der Waals surface area contributed by atoms with Gasteiger partial charge in [-0.05, 0) is 48.4 Å². The number of para-hydroxylation sites is 7. The van der Waals surface area contributed by atoms with Crippen LogP contribution in [0.25, 0.3) is 94.1 Å². The van der Waals surface area contributed by atoms with E-state index in [0.717, 1.165) is 21.8 Å². The molecule has 0 aliphatic rings. The molecule has 4 aromatic heterocycles. The Morgan fingerprint density at radius 3 is 1.24 bits per heavy atom. The SMILES string of the molecule is [2H]c1c([2H])c([2H])c2c(c1[2H])c1c([2H])c([2H])c([2H])c([2H])c1n2-c1cc(-n2c3c([2H])c([2H])c([2H])c([2H])c3c3c([2H])c([2H])c([2H])c([2H])c32)nc(-c2ccccc2-n2c3ccccc3c3ccccc32)n1. The molecule has 0 unspecified atom stereocenters. The van der Waals surface area contributed by atoms with Crippen molar-refractivity contribution >= 4 is 65.4 Å². The highest BCUT2D eigenvalue weighted by Crippen LogP contribution is 2.38. The summed E-state index contributed by atoms with van der Waals surface area (Å²) in [5.74, 6) is -0.522. The van der Waals surface area contributed by atoms with Crippen LogP contribution in [0.3, 0.4) is 0 Å². The molecule has 0 bridgehead atoms. The first-order valence-electron chi connectivity index (χ1n) is 24.0. The van der Waals surface area contributed by atoms with Crippen molar-refractivity contribution < 1.29 is 21.9 Å². The van der Waals surface area contributed by atoms with Gasteiger partial charge in [-0.25, -0.2) is 9.97 Å². The standard InChI is InChI=1S/C46H29N5/c1-8-22-37-30(15-1)31-16-2-9-23-38(31)49(37)43-28-14-7-21-36(43)46-47-44(50-39-24-10-3-17-32(39)33-18-4-11-25-40(33)50)29-45(48-46)51-41-26-12-5-19-34(41)35-20-6-13-27-42(35)51/h1-29H/i3D,4D,5D,6D,10D,11D,12D,13D,17D,18D,19D,20D,24D,25D,26D,27D. The number of benzene rings is 7. The molecule has 0 saturated carbocycles. The van der Waals surface area contributed by atoms with E-state index in [2.05, 4.69) is 0 Å². The summed E-state index contributed by atoms with van der Waals surface area (Å²) in [6.45, 7) is 0. The largest absolute Gasteiger partial charge is 0.309 e. The van der Waals surface area contributed by atoms with Crippen molar-refractivity contribution in [3.63, 3.8) is 0 Å². The lowest BCUT2D eigenvalue weighted by Gasteiger charge is -2.16. The number of fused-ring (bicyclic) bond motifs is 9. The third-order valence-corrected chi connectivity index (χ3v) is 9.19. The minimum atomic E-state index is -0.669. The first-order chi connectivity index (χ1) is 32.0. The van der Waals surface area contributed by atoms with Crippen LogP contribution >= 0.6 is 0 Å². The van der Waals surface area contributed by atoms with E-state index in [-0.39, 0.29) is 61.1 Å². The van der Waals surface area contributed by atoms with Crippen LogP contribution in [0.4, 0.5) is 0 Å². The molecule has 51 heavy (non-hydrogen) atoms. The van der Waals surface area contributed by atoms with Gasteiger partial charge in [0, 0.05) is 43.9 Å². The molecule has 0 radical (unpaired) electrons. The fraction of sp³-hybridized carbons (Fsp3) is 0. The maximum absolute atomic E-state index is 9.25. The Morgan fingerprint density at radius 1 is 0.373 bits per heavy atom. The van der Waals surface area contributed by atoms with Gasteiger partial charge in [-0.15, -0.1) is 0 Å². The monoisotopic (exact) mass is 667 g/mol. The van der Waals surface area contributed by atoms with Gasteiger partial charge in [0.25, 0.3) is 0 Å². The van der Waals surface area contributed by atoms with E-state index in [1.54, 1.807) is 12.1 Å². The minimum absolute atomic E-state index is 0.0849. The van der Waals surface area contributed by atoms with Gasteiger partial charge in [0.1, 0.15) is 11.6 Å². The first kappa shape index (κ1) is 16.6. The highest BCUT2D eigenvalue weighted by molar-refractivity contribution is 6.11. The molecular formula is C46H29N5. The lowest BCUT2D eigenvalue weighted by molar-refractivity contribution is 0.991. The van der Waals surface area contributed by atoms with Crippen molar-refractivity contribution in [2.75, 3.05) is 0 Å². The number of rotatable bonds is 4. The van der Waals surface area contributed by atoms with Crippen LogP contribution < -0.4 is 0 Å². The van der Waals surface area contributed by atoms with Crippen molar-refractivity contribution in [3.05, 3.63) is 176 Å². The molecule has 0 saturated heterocycles. The summed E-state index contributed by atoms with van der Waals surface area (Å²) < 4.78 is 147. The normalized spacial score (nSPS) is 16.3. The second kappa shape index (κ2) is 10.8. The van der Waals surface area contributed by atoms with Crippen molar-refractivity contribution in [2.24, 2.45) is 0 Å². The summed E-state index contributed by atoms with van der Waals surface area (Å²) in [4.78, 5) is 10.1. The van der Waals surface area contributed by atoms with Crippen molar-refractivity contribution in [1.29, 1.82) is 0 Å². The van der Waals surface area contributed by atoms with Crippen LogP contribution in [0, 0.1) is 0 Å². The molecule has 5 nitrogen and oxygen atoms in total. The lowest BCUT2D eigenvalue weighted by Crippen LogP contribution is -2.07. The maximum atomic E-state index is 9.25. The van der Waals surface area contributed by atoms with Gasteiger partial charge in [0.15, 0.2) is 5.82 Å².